The molecular formula is C10H19F3N2O. The third-order valence-corrected chi connectivity index (χ3v) is 2.95. The minimum absolute atomic E-state index is 0.200. The smallest absolute Gasteiger partial charge is 0.355 e. The lowest BCUT2D eigenvalue weighted by Gasteiger charge is -2.30. The molecule has 0 radical (unpaired) electrons. The first-order valence-electron chi connectivity index (χ1n) is 5.32. The van der Waals surface area contributed by atoms with E-state index in [2.05, 4.69) is 5.32 Å². The molecule has 0 aromatic heterocycles. The Balaban J connectivity index is 4.17. The average Bonchev–Trinajstić information content (AvgIpc) is 2.18. The molecule has 0 unspecified atom stereocenters. The van der Waals surface area contributed by atoms with Crippen LogP contribution >= 0.6 is 0 Å². The van der Waals surface area contributed by atoms with E-state index in [0.29, 0.717) is 6.54 Å². The average molecular weight is 240 g/mol. The third kappa shape index (κ3) is 5.34. The Morgan fingerprint density at radius 1 is 1.25 bits per heavy atom. The first-order valence-corrected chi connectivity index (χ1v) is 5.32. The molecule has 0 saturated heterocycles. The lowest BCUT2D eigenvalue weighted by Crippen LogP contribution is -2.42. The van der Waals surface area contributed by atoms with Crippen molar-refractivity contribution in [3.63, 3.8) is 0 Å². The van der Waals surface area contributed by atoms with Crippen LogP contribution in [0.15, 0.2) is 0 Å². The number of halogens is 3. The van der Waals surface area contributed by atoms with Crippen molar-refractivity contribution in [2.24, 2.45) is 11.1 Å². The van der Waals surface area contributed by atoms with Crippen LogP contribution in [0.1, 0.15) is 33.1 Å². The summed E-state index contributed by atoms with van der Waals surface area (Å²) >= 11 is 0. The Kier molecular flexibility index (Phi) is 5.78. The summed E-state index contributed by atoms with van der Waals surface area (Å²) in [6.07, 6.45) is -4.42. The maximum absolute atomic E-state index is 11.9. The minimum atomic E-state index is -4.45. The molecule has 0 aliphatic carbocycles. The van der Waals surface area contributed by atoms with Crippen molar-refractivity contribution in [2.75, 3.05) is 13.1 Å². The number of rotatable bonds is 6. The Labute approximate surface area is 93.6 Å². The minimum Gasteiger partial charge on any atom is -0.355 e. The lowest BCUT2D eigenvalue weighted by atomic mass is 9.82. The molecule has 0 aromatic carbocycles. The number of nitrogens with two attached hydrogens (primary N) is 1. The summed E-state index contributed by atoms with van der Waals surface area (Å²) in [7, 11) is 0. The van der Waals surface area contributed by atoms with Crippen molar-refractivity contribution in [3.8, 4) is 0 Å². The zero-order chi connectivity index (χ0) is 12.8. The van der Waals surface area contributed by atoms with Crippen LogP contribution in [0.25, 0.3) is 0 Å². The Morgan fingerprint density at radius 2 is 1.75 bits per heavy atom. The summed E-state index contributed by atoms with van der Waals surface area (Å²) in [6, 6.07) is 0. The molecule has 0 bridgehead atoms. The molecule has 1 amide bonds. The van der Waals surface area contributed by atoms with Gasteiger partial charge in [-0.2, -0.15) is 13.2 Å². The largest absolute Gasteiger partial charge is 0.397 e. The Morgan fingerprint density at radius 3 is 2.06 bits per heavy atom. The van der Waals surface area contributed by atoms with Gasteiger partial charge in [-0.15, -0.1) is 0 Å². The topological polar surface area (TPSA) is 55.1 Å². The molecule has 3 N–H and O–H groups in total. The van der Waals surface area contributed by atoms with Crippen LogP contribution < -0.4 is 11.1 Å². The van der Waals surface area contributed by atoms with Gasteiger partial charge in [-0.3, -0.25) is 4.79 Å². The number of carbonyl (C=O) groups excluding carboxylic acids is 1. The molecule has 0 fully saturated rings. The molecule has 6 heteroatoms. The quantitative estimate of drug-likeness (QED) is 0.744. The number of alkyl halides is 3. The van der Waals surface area contributed by atoms with Crippen LogP contribution in [0.4, 0.5) is 13.2 Å². The van der Waals surface area contributed by atoms with E-state index >= 15 is 0 Å². The van der Waals surface area contributed by atoms with E-state index in [1.54, 1.807) is 0 Å². The molecule has 0 spiro atoms. The second kappa shape index (κ2) is 6.08. The highest BCUT2D eigenvalue weighted by Crippen LogP contribution is 2.24. The summed E-state index contributed by atoms with van der Waals surface area (Å²) in [5, 5.41) is 2.29. The first kappa shape index (κ1) is 15.2. The van der Waals surface area contributed by atoms with E-state index < -0.39 is 18.5 Å². The monoisotopic (exact) mass is 240 g/mol. The van der Waals surface area contributed by atoms with Crippen LogP contribution in [0, 0.1) is 5.41 Å². The normalized spacial score (nSPS) is 12.6. The molecule has 16 heavy (non-hydrogen) atoms. The number of hydrogen-bond acceptors (Lipinski definition) is 2. The van der Waals surface area contributed by atoms with Crippen LogP contribution in [-0.4, -0.2) is 25.2 Å². The maximum Gasteiger partial charge on any atom is 0.397 e. The van der Waals surface area contributed by atoms with Gasteiger partial charge in [0, 0.05) is 6.54 Å². The van der Waals surface area contributed by atoms with Crippen molar-refractivity contribution >= 4 is 5.91 Å². The van der Waals surface area contributed by atoms with E-state index in [-0.39, 0.29) is 12.0 Å². The van der Waals surface area contributed by atoms with E-state index in [1.165, 1.54) is 0 Å². The van der Waals surface area contributed by atoms with Gasteiger partial charge in [0.2, 0.25) is 5.91 Å². The van der Waals surface area contributed by atoms with E-state index in [0.717, 1.165) is 12.8 Å². The number of carbonyl (C=O) groups is 1. The van der Waals surface area contributed by atoms with Gasteiger partial charge in [0.15, 0.2) is 0 Å². The van der Waals surface area contributed by atoms with Crippen LogP contribution in [0.5, 0.6) is 0 Å². The van der Waals surface area contributed by atoms with Gasteiger partial charge in [-0.05, 0) is 24.8 Å². The van der Waals surface area contributed by atoms with Crippen molar-refractivity contribution in [2.45, 2.75) is 39.3 Å². The van der Waals surface area contributed by atoms with Crippen molar-refractivity contribution in [1.29, 1.82) is 0 Å². The van der Waals surface area contributed by atoms with Gasteiger partial charge < -0.3 is 11.1 Å². The van der Waals surface area contributed by atoms with Crippen molar-refractivity contribution < 1.29 is 18.0 Å². The molecule has 0 saturated carbocycles. The Hall–Kier alpha value is -0.780. The predicted octanol–water partition coefficient (Wildman–Crippen LogP) is 1.82. The molecule has 0 aliphatic heterocycles. The highest BCUT2D eigenvalue weighted by Gasteiger charge is 2.32. The maximum atomic E-state index is 11.9. The molecule has 0 heterocycles. The van der Waals surface area contributed by atoms with Crippen LogP contribution in [0.2, 0.25) is 0 Å². The fourth-order valence-electron chi connectivity index (χ4n) is 1.39. The highest BCUT2D eigenvalue weighted by atomic mass is 19.4. The van der Waals surface area contributed by atoms with E-state index in [1.807, 2.05) is 13.8 Å². The van der Waals surface area contributed by atoms with Gasteiger partial charge in [0.25, 0.3) is 0 Å². The van der Waals surface area contributed by atoms with Crippen molar-refractivity contribution in [1.82, 2.24) is 5.32 Å². The zero-order valence-electron chi connectivity index (χ0n) is 9.66. The van der Waals surface area contributed by atoms with Gasteiger partial charge >= 0.3 is 6.18 Å². The lowest BCUT2D eigenvalue weighted by molar-refractivity contribution is -0.154. The highest BCUT2D eigenvalue weighted by molar-refractivity contribution is 5.76. The Bertz CT molecular complexity index is 216. The summed E-state index contributed by atoms with van der Waals surface area (Å²) < 4.78 is 35.7. The van der Waals surface area contributed by atoms with E-state index in [4.69, 9.17) is 5.73 Å². The van der Waals surface area contributed by atoms with Crippen LogP contribution in [0.3, 0.4) is 0 Å². The molecule has 96 valence electrons. The second-order valence-corrected chi connectivity index (χ2v) is 3.98. The zero-order valence-corrected chi connectivity index (χ0v) is 9.66. The van der Waals surface area contributed by atoms with Gasteiger partial charge in [-0.1, -0.05) is 13.8 Å². The molecule has 0 atom stereocenters. The molecule has 0 aromatic rings. The summed E-state index contributed by atoms with van der Waals surface area (Å²) in [5.41, 5.74) is 5.28. The molecule has 3 nitrogen and oxygen atoms in total. The van der Waals surface area contributed by atoms with Gasteiger partial charge in [-0.25, -0.2) is 0 Å². The molecular weight excluding hydrogens is 221 g/mol. The second-order valence-electron chi connectivity index (χ2n) is 3.98. The summed E-state index contributed by atoms with van der Waals surface area (Å²) in [5.74, 6) is -0.993. The van der Waals surface area contributed by atoms with E-state index in [9.17, 15) is 18.0 Å². The first-order chi connectivity index (χ1) is 7.28. The fourth-order valence-corrected chi connectivity index (χ4v) is 1.39. The predicted molar refractivity (Wildman–Crippen MR) is 55.8 cm³/mol. The standard InChI is InChI=1S/C10H19F3N2O/c1-3-9(4-2,6-14)7-15-8(16)5-10(11,12)13/h3-7,14H2,1-2H3,(H,15,16). The molecule has 0 aliphatic rings. The van der Waals surface area contributed by atoms with Crippen LogP contribution in [-0.2, 0) is 4.79 Å². The van der Waals surface area contributed by atoms with Gasteiger partial charge in [0.05, 0.1) is 0 Å². The SMILES string of the molecule is CCC(CC)(CN)CNC(=O)CC(F)(F)F. The molecule has 0 rings (SSSR count). The van der Waals surface area contributed by atoms with Crippen molar-refractivity contribution in [3.05, 3.63) is 0 Å². The van der Waals surface area contributed by atoms with Gasteiger partial charge in [0.1, 0.15) is 6.42 Å². The number of amides is 1. The third-order valence-electron chi connectivity index (χ3n) is 2.95. The number of nitrogens with one attached hydrogen (secondary N) is 1. The fraction of sp³-hybridized carbons (Fsp3) is 0.900. The summed E-state index contributed by atoms with van der Waals surface area (Å²) in [6.45, 7) is 4.37. The summed E-state index contributed by atoms with van der Waals surface area (Å²) in [4.78, 5) is 11.0. The number of hydrogen-bond donors (Lipinski definition) is 2.